The molecule has 6 nitrogen and oxygen atoms in total. The Bertz CT molecular complexity index is 1450. The van der Waals surface area contributed by atoms with Crippen LogP contribution in [0.3, 0.4) is 0 Å². The Balaban J connectivity index is 1.39. The predicted octanol–water partition coefficient (Wildman–Crippen LogP) is 8.68. The fourth-order valence-electron chi connectivity index (χ4n) is 6.20. The van der Waals surface area contributed by atoms with Crippen LogP contribution in [0.1, 0.15) is 90.9 Å². The van der Waals surface area contributed by atoms with Crippen molar-refractivity contribution in [3.8, 4) is 0 Å². The summed E-state index contributed by atoms with van der Waals surface area (Å²) >= 11 is 2.94. The van der Waals surface area contributed by atoms with E-state index >= 15 is 0 Å². The molecular weight excluding hydrogens is 577 g/mol. The molecule has 0 spiro atoms. The van der Waals surface area contributed by atoms with Crippen molar-refractivity contribution in [2.45, 2.75) is 82.3 Å². The van der Waals surface area contributed by atoms with E-state index in [0.29, 0.717) is 16.5 Å². The van der Waals surface area contributed by atoms with E-state index in [1.807, 2.05) is 54.6 Å². The van der Waals surface area contributed by atoms with Crippen molar-refractivity contribution in [1.29, 1.82) is 0 Å². The van der Waals surface area contributed by atoms with Gasteiger partial charge in [0.2, 0.25) is 11.8 Å². The topological polar surface area (TPSA) is 84.5 Å². The maximum Gasteiger partial charge on any atom is 0.341 e. The molecule has 228 valence electrons. The van der Waals surface area contributed by atoms with E-state index in [1.165, 1.54) is 36.6 Å². The van der Waals surface area contributed by atoms with Crippen LogP contribution in [0.15, 0.2) is 59.5 Å². The number of nitrogens with one attached hydrogen (secondary N) is 2. The lowest BCUT2D eigenvalue weighted by atomic mass is 9.72. The van der Waals surface area contributed by atoms with Gasteiger partial charge >= 0.3 is 5.97 Å². The van der Waals surface area contributed by atoms with E-state index in [2.05, 4.69) is 31.4 Å². The fourth-order valence-corrected chi connectivity index (χ4v) is 8.60. The molecule has 0 aliphatic heterocycles. The number of thiophene rings is 1. The molecule has 2 atom stereocenters. The SMILES string of the molecule is COC(=O)c1c(NC(=O)C(Sc2cccc(NC(=O)C3CCCCC3)c2)c2ccccc2)sc2c1CCC(C(C)(C)C)C2. The number of hydrogen-bond acceptors (Lipinski definition) is 6. The van der Waals surface area contributed by atoms with Gasteiger partial charge in [0.15, 0.2) is 0 Å². The van der Waals surface area contributed by atoms with Gasteiger partial charge in [0.25, 0.3) is 0 Å². The molecule has 0 saturated heterocycles. The van der Waals surface area contributed by atoms with Gasteiger partial charge < -0.3 is 15.4 Å². The van der Waals surface area contributed by atoms with Crippen LogP contribution in [0.4, 0.5) is 10.7 Å². The quantitative estimate of drug-likeness (QED) is 0.195. The van der Waals surface area contributed by atoms with Crippen LogP contribution in [-0.4, -0.2) is 24.9 Å². The first-order chi connectivity index (χ1) is 20.6. The number of ether oxygens (including phenoxy) is 1. The molecule has 1 fully saturated rings. The van der Waals surface area contributed by atoms with E-state index < -0.39 is 11.2 Å². The number of fused-ring (bicyclic) bond motifs is 1. The number of thioether (sulfide) groups is 1. The predicted molar refractivity (Wildman–Crippen MR) is 176 cm³/mol. The van der Waals surface area contributed by atoms with E-state index in [1.54, 1.807) is 0 Å². The lowest BCUT2D eigenvalue weighted by Gasteiger charge is -2.33. The highest BCUT2D eigenvalue weighted by Gasteiger charge is 2.35. The number of carbonyl (C=O) groups excluding carboxylic acids is 3. The van der Waals surface area contributed by atoms with Crippen molar-refractivity contribution >= 4 is 51.6 Å². The number of rotatable bonds is 8. The van der Waals surface area contributed by atoms with Gasteiger partial charge in [0, 0.05) is 21.4 Å². The summed E-state index contributed by atoms with van der Waals surface area (Å²) < 4.78 is 5.18. The molecule has 0 radical (unpaired) electrons. The molecule has 5 rings (SSSR count). The van der Waals surface area contributed by atoms with Gasteiger partial charge in [-0.05, 0) is 72.8 Å². The van der Waals surface area contributed by atoms with Gasteiger partial charge in [-0.1, -0.05) is 76.4 Å². The molecule has 1 aromatic heterocycles. The zero-order chi connectivity index (χ0) is 30.6. The average molecular weight is 619 g/mol. The zero-order valence-electron chi connectivity index (χ0n) is 25.5. The first-order valence-corrected chi connectivity index (χ1v) is 17.0. The highest BCUT2D eigenvalue weighted by molar-refractivity contribution is 8.00. The summed E-state index contributed by atoms with van der Waals surface area (Å²) in [5.41, 5.74) is 3.26. The van der Waals surface area contributed by atoms with Crippen LogP contribution >= 0.6 is 23.1 Å². The van der Waals surface area contributed by atoms with Crippen molar-refractivity contribution in [2.75, 3.05) is 17.7 Å². The largest absolute Gasteiger partial charge is 0.465 e. The molecule has 2 aromatic carbocycles. The van der Waals surface area contributed by atoms with Gasteiger partial charge in [-0.25, -0.2) is 4.79 Å². The van der Waals surface area contributed by atoms with Gasteiger partial charge in [0.05, 0.1) is 12.7 Å². The summed E-state index contributed by atoms with van der Waals surface area (Å²) in [6, 6.07) is 17.4. The minimum atomic E-state index is -0.572. The van der Waals surface area contributed by atoms with Crippen molar-refractivity contribution in [3.63, 3.8) is 0 Å². The Kier molecular flexibility index (Phi) is 9.97. The normalized spacial score (nSPS) is 17.9. The number of anilines is 2. The fraction of sp³-hybridized carbons (Fsp3) is 0.457. The van der Waals surface area contributed by atoms with Crippen molar-refractivity contribution in [1.82, 2.24) is 0 Å². The lowest BCUT2D eigenvalue weighted by Crippen LogP contribution is -2.26. The number of esters is 1. The number of hydrogen-bond donors (Lipinski definition) is 2. The Hall–Kier alpha value is -3.10. The molecule has 0 bridgehead atoms. The van der Waals surface area contributed by atoms with E-state index in [0.717, 1.165) is 71.5 Å². The summed E-state index contributed by atoms with van der Waals surface area (Å²) in [5.74, 6) is 0.0274. The van der Waals surface area contributed by atoms with Crippen LogP contribution < -0.4 is 10.6 Å². The molecule has 2 N–H and O–H groups in total. The van der Waals surface area contributed by atoms with Crippen molar-refractivity contribution in [2.24, 2.45) is 17.3 Å². The molecule has 2 amide bonds. The average Bonchev–Trinajstić information content (AvgIpc) is 3.37. The van der Waals surface area contributed by atoms with E-state index in [9.17, 15) is 14.4 Å². The second-order valence-electron chi connectivity index (χ2n) is 12.8. The minimum Gasteiger partial charge on any atom is -0.465 e. The molecular formula is C35H42N2O4S2. The van der Waals surface area contributed by atoms with Gasteiger partial charge in [0.1, 0.15) is 10.3 Å². The maximum absolute atomic E-state index is 14.0. The van der Waals surface area contributed by atoms with Crippen LogP contribution in [0.2, 0.25) is 0 Å². The van der Waals surface area contributed by atoms with Crippen molar-refractivity contribution in [3.05, 3.63) is 76.2 Å². The number of methoxy groups -OCH3 is 1. The van der Waals surface area contributed by atoms with E-state index in [4.69, 9.17) is 4.74 Å². The molecule has 8 heteroatoms. The number of amides is 2. The van der Waals surface area contributed by atoms with Crippen molar-refractivity contribution < 1.29 is 19.1 Å². The van der Waals surface area contributed by atoms with Gasteiger partial charge in [-0.15, -0.1) is 23.1 Å². The molecule has 2 aliphatic carbocycles. The van der Waals surface area contributed by atoms with Crippen LogP contribution in [0.25, 0.3) is 0 Å². The maximum atomic E-state index is 14.0. The molecule has 1 saturated carbocycles. The third kappa shape index (κ3) is 7.52. The van der Waals surface area contributed by atoms with Gasteiger partial charge in [-0.2, -0.15) is 0 Å². The first kappa shape index (κ1) is 31.3. The number of benzene rings is 2. The summed E-state index contributed by atoms with van der Waals surface area (Å²) in [6.07, 6.45) is 7.96. The molecule has 2 unspecified atom stereocenters. The minimum absolute atomic E-state index is 0.0622. The first-order valence-electron chi connectivity index (χ1n) is 15.3. The van der Waals surface area contributed by atoms with Crippen LogP contribution in [-0.2, 0) is 27.2 Å². The summed E-state index contributed by atoms with van der Waals surface area (Å²) in [4.78, 5) is 41.9. The second kappa shape index (κ2) is 13.7. The number of carbonyl (C=O) groups is 3. The highest BCUT2D eigenvalue weighted by Crippen LogP contribution is 2.45. The standard InChI is InChI=1S/C35H42N2O4S2/c1-35(2,3)24-18-19-27-28(20-24)43-33(29(27)34(40)41-4)37-32(39)30(22-12-7-5-8-13-22)42-26-17-11-16-25(21-26)36-31(38)23-14-9-6-10-15-23/h5,7-8,11-13,16-17,21,23-24,30H,6,9-10,14-15,18-20H2,1-4H3,(H,36,38)(H,37,39). The molecule has 2 aliphatic rings. The Morgan fingerprint density at radius 2 is 1.70 bits per heavy atom. The Morgan fingerprint density at radius 1 is 0.953 bits per heavy atom. The van der Waals surface area contributed by atoms with E-state index in [-0.39, 0.29) is 23.1 Å². The highest BCUT2D eigenvalue weighted by atomic mass is 32.2. The smallest absolute Gasteiger partial charge is 0.341 e. The molecule has 3 aromatic rings. The zero-order valence-corrected chi connectivity index (χ0v) is 27.2. The summed E-state index contributed by atoms with van der Waals surface area (Å²) in [5, 5.41) is 6.22. The summed E-state index contributed by atoms with van der Waals surface area (Å²) in [6.45, 7) is 6.79. The Morgan fingerprint density at radius 3 is 2.40 bits per heavy atom. The third-order valence-corrected chi connectivity index (χ3v) is 11.2. The molecule has 1 heterocycles. The second-order valence-corrected chi connectivity index (χ2v) is 15.0. The molecule has 43 heavy (non-hydrogen) atoms. The van der Waals surface area contributed by atoms with Crippen LogP contribution in [0.5, 0.6) is 0 Å². The lowest BCUT2D eigenvalue weighted by molar-refractivity contribution is -0.120. The summed E-state index contributed by atoms with van der Waals surface area (Å²) in [7, 11) is 1.39. The third-order valence-electron chi connectivity index (χ3n) is 8.79. The van der Waals surface area contributed by atoms with Crippen LogP contribution in [0, 0.1) is 17.3 Å². The Labute approximate surface area is 263 Å². The monoisotopic (exact) mass is 618 g/mol. The van der Waals surface area contributed by atoms with Gasteiger partial charge in [-0.3, -0.25) is 9.59 Å².